The Labute approximate surface area is 251 Å². The van der Waals surface area contributed by atoms with Crippen LogP contribution >= 0.6 is 0 Å². The zero-order chi connectivity index (χ0) is 31.3. The Balaban J connectivity index is 1.88. The highest BCUT2D eigenvalue weighted by Gasteiger charge is 2.35. The molecule has 238 valence electrons. The number of carbonyl (C=O) groups excluding carboxylic acids is 1. The second kappa shape index (κ2) is 16.1. The van der Waals surface area contributed by atoms with E-state index in [0.29, 0.717) is 6.61 Å². The smallest absolute Gasteiger partial charge is 0.419 e. The average molecular weight is 610 g/mol. The molecule has 1 aliphatic heterocycles. The molecule has 1 fully saturated rings. The van der Waals surface area contributed by atoms with Crippen molar-refractivity contribution in [3.05, 3.63) is 71.3 Å². The molecule has 1 heterocycles. The lowest BCUT2D eigenvalue weighted by molar-refractivity contribution is -0.165. The first-order valence-electron chi connectivity index (χ1n) is 14.3. The van der Waals surface area contributed by atoms with Gasteiger partial charge < -0.3 is 33.7 Å². The van der Waals surface area contributed by atoms with Gasteiger partial charge >= 0.3 is 12.3 Å². The molecular formula is C32H42F3NO7. The van der Waals surface area contributed by atoms with Crippen molar-refractivity contribution in [2.75, 3.05) is 33.7 Å². The van der Waals surface area contributed by atoms with Gasteiger partial charge in [-0.25, -0.2) is 4.79 Å². The summed E-state index contributed by atoms with van der Waals surface area (Å²) >= 11 is 0. The lowest BCUT2D eigenvalue weighted by Gasteiger charge is -2.33. The molecule has 1 saturated heterocycles. The summed E-state index contributed by atoms with van der Waals surface area (Å²) in [5.74, 6) is -0.282. The third kappa shape index (κ3) is 12.2. The van der Waals surface area contributed by atoms with Gasteiger partial charge in [-0.3, -0.25) is 0 Å². The number of halogens is 3. The van der Waals surface area contributed by atoms with Gasteiger partial charge in [-0.15, -0.1) is 0 Å². The summed E-state index contributed by atoms with van der Waals surface area (Å²) in [5.41, 5.74) is -1.91. The standard InChI is InChI=1S/C32H42F3NO7/c1-30(2,3)43-29(37)36-31(22-39-23-38-4,17-19-41-28-12-8-9-18-40-28)16-15-24-13-14-27(26(20-24)32(33,34)35)42-21-25-10-6-5-7-11-25/h5-7,10-11,13-16,20,28H,8-9,12,17-19,21-23H2,1-4H3,(H,36,37). The largest absolute Gasteiger partial charge is 0.488 e. The molecule has 3 rings (SSSR count). The van der Waals surface area contributed by atoms with E-state index in [2.05, 4.69) is 5.32 Å². The van der Waals surface area contributed by atoms with Crippen LogP contribution in [0.2, 0.25) is 0 Å². The molecule has 1 N–H and O–H groups in total. The number of methoxy groups -OCH3 is 1. The summed E-state index contributed by atoms with van der Waals surface area (Å²) in [4.78, 5) is 12.9. The Morgan fingerprint density at radius 3 is 2.51 bits per heavy atom. The second-order valence-corrected chi connectivity index (χ2v) is 11.3. The minimum atomic E-state index is -4.66. The molecule has 1 amide bonds. The van der Waals surface area contributed by atoms with Gasteiger partial charge in [-0.05, 0) is 69.7 Å². The zero-order valence-electron chi connectivity index (χ0n) is 25.2. The number of hydrogen-bond donors (Lipinski definition) is 1. The molecule has 43 heavy (non-hydrogen) atoms. The Morgan fingerprint density at radius 1 is 1.09 bits per heavy atom. The van der Waals surface area contributed by atoms with Crippen LogP contribution in [-0.4, -0.2) is 57.2 Å². The molecule has 0 bridgehead atoms. The number of amides is 1. The third-order valence-corrected chi connectivity index (χ3v) is 6.44. The minimum absolute atomic E-state index is 0.0103. The first kappa shape index (κ1) is 34.4. The number of benzene rings is 2. The van der Waals surface area contributed by atoms with E-state index in [1.165, 1.54) is 25.3 Å². The normalized spacial score (nSPS) is 17.4. The van der Waals surface area contributed by atoms with Crippen molar-refractivity contribution in [2.45, 2.75) is 76.7 Å². The van der Waals surface area contributed by atoms with Crippen molar-refractivity contribution < 1.29 is 46.4 Å². The van der Waals surface area contributed by atoms with Crippen LogP contribution in [0.3, 0.4) is 0 Å². The van der Waals surface area contributed by atoms with Crippen LogP contribution in [0.4, 0.5) is 18.0 Å². The van der Waals surface area contributed by atoms with Gasteiger partial charge in [0.05, 0.1) is 24.3 Å². The summed E-state index contributed by atoms with van der Waals surface area (Å²) in [6, 6.07) is 12.8. The Kier molecular flexibility index (Phi) is 12.9. The van der Waals surface area contributed by atoms with Crippen molar-refractivity contribution in [1.29, 1.82) is 0 Å². The van der Waals surface area contributed by atoms with Crippen molar-refractivity contribution in [3.8, 4) is 5.75 Å². The number of nitrogens with one attached hydrogen (secondary N) is 1. The van der Waals surface area contributed by atoms with E-state index in [4.69, 9.17) is 28.4 Å². The molecule has 0 saturated carbocycles. The quantitative estimate of drug-likeness (QED) is 0.180. The molecule has 2 unspecified atom stereocenters. The van der Waals surface area contributed by atoms with Gasteiger partial charge in [0, 0.05) is 13.7 Å². The molecule has 2 aromatic rings. The van der Waals surface area contributed by atoms with E-state index >= 15 is 0 Å². The van der Waals surface area contributed by atoms with Crippen molar-refractivity contribution in [1.82, 2.24) is 5.32 Å². The maximum Gasteiger partial charge on any atom is 0.419 e. The Bertz CT molecular complexity index is 1160. The van der Waals surface area contributed by atoms with Crippen LogP contribution in [0, 0.1) is 0 Å². The summed E-state index contributed by atoms with van der Waals surface area (Å²) in [6.45, 7) is 5.85. The predicted octanol–water partition coefficient (Wildman–Crippen LogP) is 7.11. The number of carbonyl (C=O) groups is 1. The summed E-state index contributed by atoms with van der Waals surface area (Å²) in [5, 5.41) is 2.85. The van der Waals surface area contributed by atoms with Crippen LogP contribution in [0.1, 0.15) is 63.1 Å². The average Bonchev–Trinajstić information content (AvgIpc) is 2.95. The SMILES string of the molecule is COCOCC(C=Cc1ccc(OCc2ccccc2)c(C(F)(F)F)c1)(CCOC1CCCCO1)NC(=O)OC(C)(C)C. The van der Waals surface area contributed by atoms with E-state index in [0.717, 1.165) is 30.9 Å². The molecule has 2 atom stereocenters. The number of ether oxygens (including phenoxy) is 6. The van der Waals surface area contributed by atoms with Crippen LogP contribution in [0.15, 0.2) is 54.6 Å². The maximum atomic E-state index is 14.1. The topological polar surface area (TPSA) is 84.5 Å². The monoisotopic (exact) mass is 609 g/mol. The lowest BCUT2D eigenvalue weighted by Crippen LogP contribution is -2.52. The van der Waals surface area contributed by atoms with Crippen molar-refractivity contribution in [2.24, 2.45) is 0 Å². The van der Waals surface area contributed by atoms with Gasteiger partial charge in [0.15, 0.2) is 6.29 Å². The summed E-state index contributed by atoms with van der Waals surface area (Å²) in [7, 11) is 1.46. The highest BCUT2D eigenvalue weighted by molar-refractivity contribution is 5.70. The number of alkyl carbamates (subject to hydrolysis) is 1. The van der Waals surface area contributed by atoms with Gasteiger partial charge in [-0.1, -0.05) is 48.6 Å². The van der Waals surface area contributed by atoms with E-state index < -0.39 is 29.0 Å². The fourth-order valence-electron chi connectivity index (χ4n) is 4.36. The van der Waals surface area contributed by atoms with E-state index in [1.54, 1.807) is 51.1 Å². The molecule has 0 spiro atoms. The molecule has 1 aliphatic rings. The first-order chi connectivity index (χ1) is 20.4. The van der Waals surface area contributed by atoms with Gasteiger partial charge in [-0.2, -0.15) is 13.2 Å². The number of rotatable bonds is 14. The Morgan fingerprint density at radius 2 is 1.86 bits per heavy atom. The highest BCUT2D eigenvalue weighted by Crippen LogP contribution is 2.37. The molecule has 2 aromatic carbocycles. The third-order valence-electron chi connectivity index (χ3n) is 6.44. The molecular weight excluding hydrogens is 567 g/mol. The summed E-state index contributed by atoms with van der Waals surface area (Å²) in [6.07, 6.45) is 0.277. The molecule has 0 aliphatic carbocycles. The molecule has 0 aromatic heterocycles. The summed E-state index contributed by atoms with van der Waals surface area (Å²) < 4.78 is 75.5. The number of alkyl halides is 3. The highest BCUT2D eigenvalue weighted by atomic mass is 19.4. The predicted molar refractivity (Wildman–Crippen MR) is 155 cm³/mol. The maximum absolute atomic E-state index is 14.1. The van der Waals surface area contributed by atoms with Crippen LogP contribution in [0.5, 0.6) is 5.75 Å². The molecule has 0 radical (unpaired) electrons. The van der Waals surface area contributed by atoms with E-state index in [-0.39, 0.29) is 50.6 Å². The lowest BCUT2D eigenvalue weighted by atomic mass is 9.94. The van der Waals surface area contributed by atoms with E-state index in [9.17, 15) is 18.0 Å². The Hall–Kier alpha value is -3.12. The minimum Gasteiger partial charge on any atom is -0.488 e. The number of hydrogen-bond acceptors (Lipinski definition) is 7. The van der Waals surface area contributed by atoms with Gasteiger partial charge in [0.2, 0.25) is 0 Å². The molecule has 11 heteroatoms. The van der Waals surface area contributed by atoms with Crippen LogP contribution < -0.4 is 10.1 Å². The van der Waals surface area contributed by atoms with Gasteiger partial charge in [0.25, 0.3) is 0 Å². The second-order valence-electron chi connectivity index (χ2n) is 11.3. The first-order valence-corrected chi connectivity index (χ1v) is 14.3. The van der Waals surface area contributed by atoms with E-state index in [1.807, 2.05) is 6.07 Å². The van der Waals surface area contributed by atoms with Crippen LogP contribution in [0.25, 0.3) is 6.08 Å². The molecule has 8 nitrogen and oxygen atoms in total. The van der Waals surface area contributed by atoms with Gasteiger partial charge in [0.1, 0.15) is 24.8 Å². The fraction of sp³-hybridized carbons (Fsp3) is 0.531. The van der Waals surface area contributed by atoms with Crippen molar-refractivity contribution in [3.63, 3.8) is 0 Å². The van der Waals surface area contributed by atoms with Crippen molar-refractivity contribution >= 4 is 12.2 Å². The zero-order valence-corrected chi connectivity index (χ0v) is 25.2. The van der Waals surface area contributed by atoms with Crippen LogP contribution in [-0.2, 0) is 36.5 Å². The fourth-order valence-corrected chi connectivity index (χ4v) is 4.36.